The van der Waals surface area contributed by atoms with Crippen LogP contribution in [0.15, 0.2) is 109 Å². The maximum Gasteiger partial charge on any atom is 0.343 e. The van der Waals surface area contributed by atoms with Crippen LogP contribution in [0.5, 0.6) is 11.5 Å². The van der Waals surface area contributed by atoms with Gasteiger partial charge in [-0.25, -0.2) is 14.8 Å². The number of rotatable bonds is 7. The Morgan fingerprint density at radius 3 is 2.15 bits per heavy atom. The summed E-state index contributed by atoms with van der Waals surface area (Å²) in [6.45, 7) is 2.24. The first-order valence-corrected chi connectivity index (χ1v) is 13.0. The third kappa shape index (κ3) is 4.48. The van der Waals surface area contributed by atoms with Gasteiger partial charge in [-0.05, 0) is 61.0 Å². The van der Waals surface area contributed by atoms with Gasteiger partial charge < -0.3 is 9.47 Å². The molecule has 0 spiro atoms. The van der Waals surface area contributed by atoms with Gasteiger partial charge in [0, 0.05) is 0 Å². The highest BCUT2D eigenvalue weighted by molar-refractivity contribution is 6.24. The fraction of sp³-hybridized carbons (Fsp3) is 0.156. The summed E-state index contributed by atoms with van der Waals surface area (Å²) in [6, 6.07) is 31.4. The van der Waals surface area contributed by atoms with Crippen molar-refractivity contribution in [2.75, 3.05) is 16.6 Å². The van der Waals surface area contributed by atoms with E-state index in [4.69, 9.17) is 14.3 Å². The number of hydrogen-bond acceptors (Lipinski definition) is 7. The third-order valence-corrected chi connectivity index (χ3v) is 6.97. The maximum absolute atomic E-state index is 14.0. The van der Waals surface area contributed by atoms with Crippen LogP contribution in [0.4, 0.5) is 11.4 Å². The summed E-state index contributed by atoms with van der Waals surface area (Å²) in [5, 5.41) is 1.63. The van der Waals surface area contributed by atoms with Crippen molar-refractivity contribution in [2.24, 2.45) is 5.92 Å². The van der Waals surface area contributed by atoms with Crippen LogP contribution in [0.25, 0.3) is 0 Å². The fourth-order valence-electron chi connectivity index (χ4n) is 5.18. The van der Waals surface area contributed by atoms with E-state index in [-0.39, 0.29) is 5.91 Å². The standard InChI is InChI=1S/C32H26N2O6/c1-2-38-26-16-10-9-15-25(26)33-30(35)27-28(34(40-29(27)31(33)36)23-13-7-4-8-14-23)21-17-19-24(20-18-21)39-32(37)22-11-5-3-6-12-22/h3-20,27-29H,2H2,1H3/t27-,28+,29-/m0/s1. The molecule has 2 saturated heterocycles. The van der Waals surface area contributed by atoms with Crippen LogP contribution in [0.2, 0.25) is 0 Å². The molecule has 0 unspecified atom stereocenters. The number of hydroxylamine groups is 1. The summed E-state index contributed by atoms with van der Waals surface area (Å²) < 4.78 is 11.2. The fourth-order valence-corrected chi connectivity index (χ4v) is 5.18. The van der Waals surface area contributed by atoms with Crippen molar-refractivity contribution >= 4 is 29.2 Å². The van der Waals surface area contributed by atoms with E-state index in [1.807, 2.05) is 43.3 Å². The Labute approximate surface area is 231 Å². The highest BCUT2D eigenvalue weighted by Crippen LogP contribution is 2.48. The Hall–Kier alpha value is -4.95. The number of amides is 2. The van der Waals surface area contributed by atoms with Gasteiger partial charge in [-0.15, -0.1) is 0 Å². The molecule has 2 aliphatic heterocycles. The predicted octanol–water partition coefficient (Wildman–Crippen LogP) is 5.36. The first-order valence-electron chi connectivity index (χ1n) is 13.0. The molecule has 8 nitrogen and oxygen atoms in total. The lowest BCUT2D eigenvalue weighted by Crippen LogP contribution is -2.37. The zero-order valence-corrected chi connectivity index (χ0v) is 21.7. The number of benzene rings is 4. The van der Waals surface area contributed by atoms with Crippen molar-refractivity contribution in [3.63, 3.8) is 0 Å². The lowest BCUT2D eigenvalue weighted by Gasteiger charge is -2.29. The molecular formula is C32H26N2O6. The zero-order chi connectivity index (χ0) is 27.6. The first kappa shape index (κ1) is 25.3. The minimum Gasteiger partial charge on any atom is -0.492 e. The summed E-state index contributed by atoms with van der Waals surface area (Å²) in [6.07, 6.45) is -1.01. The molecule has 4 aromatic rings. The summed E-state index contributed by atoms with van der Waals surface area (Å²) >= 11 is 0. The van der Waals surface area contributed by atoms with E-state index < -0.39 is 29.9 Å². The lowest BCUT2D eigenvalue weighted by atomic mass is 9.90. The molecule has 6 rings (SSSR count). The van der Waals surface area contributed by atoms with Crippen LogP contribution in [-0.2, 0) is 14.4 Å². The summed E-state index contributed by atoms with van der Waals surface area (Å²) in [5.41, 5.74) is 2.28. The molecule has 0 bridgehead atoms. The Bertz CT molecular complexity index is 1540. The number of nitrogens with zero attached hydrogens (tertiary/aromatic N) is 2. The first-order chi connectivity index (χ1) is 19.6. The van der Waals surface area contributed by atoms with Crippen LogP contribution in [0, 0.1) is 5.92 Å². The van der Waals surface area contributed by atoms with E-state index in [1.165, 1.54) is 4.90 Å². The average molecular weight is 535 g/mol. The number of para-hydroxylation sites is 3. The Morgan fingerprint density at radius 1 is 0.800 bits per heavy atom. The molecule has 0 radical (unpaired) electrons. The van der Waals surface area contributed by atoms with Crippen LogP contribution in [0.1, 0.15) is 28.9 Å². The van der Waals surface area contributed by atoms with E-state index in [0.29, 0.717) is 35.0 Å². The highest BCUT2D eigenvalue weighted by Gasteiger charge is 2.60. The van der Waals surface area contributed by atoms with Crippen LogP contribution >= 0.6 is 0 Å². The minimum atomic E-state index is -1.01. The van der Waals surface area contributed by atoms with Gasteiger partial charge in [-0.3, -0.25) is 14.4 Å². The Kier molecular flexibility index (Phi) is 6.76. The minimum absolute atomic E-state index is 0.362. The lowest BCUT2D eigenvalue weighted by molar-refractivity contribution is -0.126. The molecule has 200 valence electrons. The molecule has 8 heteroatoms. The van der Waals surface area contributed by atoms with E-state index in [1.54, 1.807) is 77.9 Å². The van der Waals surface area contributed by atoms with Crippen molar-refractivity contribution in [1.82, 2.24) is 0 Å². The van der Waals surface area contributed by atoms with Crippen LogP contribution < -0.4 is 19.4 Å². The molecule has 0 N–H and O–H groups in total. The van der Waals surface area contributed by atoms with E-state index in [0.717, 1.165) is 5.56 Å². The monoisotopic (exact) mass is 534 g/mol. The second-order valence-electron chi connectivity index (χ2n) is 9.40. The quantitative estimate of drug-likeness (QED) is 0.179. The molecule has 0 aliphatic carbocycles. The average Bonchev–Trinajstić information content (AvgIpc) is 3.50. The topological polar surface area (TPSA) is 85.4 Å². The van der Waals surface area contributed by atoms with Crippen LogP contribution in [0.3, 0.4) is 0 Å². The largest absolute Gasteiger partial charge is 0.492 e. The molecule has 3 atom stereocenters. The normalized spacial score (nSPS) is 20.0. The van der Waals surface area contributed by atoms with Gasteiger partial charge in [0.2, 0.25) is 5.91 Å². The number of esters is 1. The van der Waals surface area contributed by atoms with Crippen molar-refractivity contribution in [1.29, 1.82) is 0 Å². The van der Waals surface area contributed by atoms with Gasteiger partial charge in [0.1, 0.15) is 17.4 Å². The van der Waals surface area contributed by atoms with Gasteiger partial charge in [0.15, 0.2) is 6.10 Å². The molecule has 2 fully saturated rings. The molecule has 0 aromatic heterocycles. The molecule has 2 amide bonds. The summed E-state index contributed by atoms with van der Waals surface area (Å²) in [5.74, 6) is -1.28. The number of carbonyl (C=O) groups excluding carboxylic acids is 3. The van der Waals surface area contributed by atoms with Crippen molar-refractivity contribution in [3.05, 3.63) is 120 Å². The Morgan fingerprint density at radius 2 is 1.45 bits per heavy atom. The molecule has 4 aromatic carbocycles. The van der Waals surface area contributed by atoms with Gasteiger partial charge in [-0.2, -0.15) is 0 Å². The van der Waals surface area contributed by atoms with E-state index in [2.05, 4.69) is 0 Å². The molecular weight excluding hydrogens is 508 g/mol. The number of hydrogen-bond donors (Lipinski definition) is 0. The second-order valence-corrected chi connectivity index (χ2v) is 9.40. The van der Waals surface area contributed by atoms with Crippen LogP contribution in [-0.4, -0.2) is 30.5 Å². The second kappa shape index (κ2) is 10.7. The number of imide groups is 1. The Balaban J connectivity index is 1.34. The molecule has 2 heterocycles. The van der Waals surface area contributed by atoms with Crippen molar-refractivity contribution in [2.45, 2.75) is 19.1 Å². The number of ether oxygens (including phenoxy) is 2. The van der Waals surface area contributed by atoms with E-state index >= 15 is 0 Å². The zero-order valence-electron chi connectivity index (χ0n) is 21.7. The molecule has 40 heavy (non-hydrogen) atoms. The molecule has 0 saturated carbocycles. The van der Waals surface area contributed by atoms with Crippen molar-refractivity contribution < 1.29 is 28.7 Å². The number of carbonyl (C=O) groups is 3. The third-order valence-electron chi connectivity index (χ3n) is 6.97. The molecule has 2 aliphatic rings. The van der Waals surface area contributed by atoms with Gasteiger partial charge in [0.05, 0.1) is 29.6 Å². The highest BCUT2D eigenvalue weighted by atomic mass is 16.7. The van der Waals surface area contributed by atoms with E-state index in [9.17, 15) is 14.4 Å². The van der Waals surface area contributed by atoms with Gasteiger partial charge in [-0.1, -0.05) is 60.7 Å². The predicted molar refractivity (Wildman–Crippen MR) is 148 cm³/mol. The van der Waals surface area contributed by atoms with Crippen molar-refractivity contribution in [3.8, 4) is 11.5 Å². The number of anilines is 2. The van der Waals surface area contributed by atoms with Gasteiger partial charge in [0.25, 0.3) is 5.91 Å². The van der Waals surface area contributed by atoms with Gasteiger partial charge >= 0.3 is 5.97 Å². The SMILES string of the molecule is CCOc1ccccc1N1C(=O)[C@@H]2[C@H](ON(c3ccccc3)[C@@H]2c2ccc(OC(=O)c3ccccc3)cc2)C1=O. The summed E-state index contributed by atoms with van der Waals surface area (Å²) in [7, 11) is 0. The smallest absolute Gasteiger partial charge is 0.343 e. The maximum atomic E-state index is 14.0. The summed E-state index contributed by atoms with van der Waals surface area (Å²) in [4.78, 5) is 47.5. The number of fused-ring (bicyclic) bond motifs is 1.